The van der Waals surface area contributed by atoms with E-state index in [1.54, 1.807) is 12.1 Å². The summed E-state index contributed by atoms with van der Waals surface area (Å²) in [4.78, 5) is 22.7. The molecule has 1 atom stereocenters. The lowest BCUT2D eigenvalue weighted by Gasteiger charge is -2.14. The van der Waals surface area contributed by atoms with Crippen LogP contribution in [-0.4, -0.2) is 45.0 Å². The highest BCUT2D eigenvalue weighted by Crippen LogP contribution is 2.27. The van der Waals surface area contributed by atoms with Crippen LogP contribution in [0, 0.1) is 0 Å². The number of nitrogens with one attached hydrogen (secondary N) is 2. The molecule has 0 bridgehead atoms. The first-order valence-corrected chi connectivity index (χ1v) is 9.88. The summed E-state index contributed by atoms with van der Waals surface area (Å²) in [7, 11) is 0. The number of halogens is 1. The molecule has 0 spiro atoms. The van der Waals surface area contributed by atoms with E-state index in [-0.39, 0.29) is 23.7 Å². The second-order valence-electron chi connectivity index (χ2n) is 6.08. The van der Waals surface area contributed by atoms with Crippen LogP contribution in [0.1, 0.15) is 19.8 Å². The monoisotopic (exact) mass is 409 g/mol. The van der Waals surface area contributed by atoms with E-state index in [1.165, 1.54) is 18.7 Å². The molecule has 2 aromatic rings. The lowest BCUT2D eigenvalue weighted by atomic mass is 10.2. The fourth-order valence-electron chi connectivity index (χ4n) is 2.69. The number of amides is 2. The maximum Gasteiger partial charge on any atom is 0.248 e. The van der Waals surface area contributed by atoms with Crippen molar-refractivity contribution in [2.75, 3.05) is 12.4 Å². The number of ether oxygens (including phenoxy) is 1. The van der Waals surface area contributed by atoms with Crippen LogP contribution >= 0.6 is 23.4 Å². The highest BCUT2D eigenvalue weighted by Gasteiger charge is 2.22. The molecule has 1 aliphatic rings. The van der Waals surface area contributed by atoms with Crippen LogP contribution in [0.3, 0.4) is 0 Å². The molecule has 1 fully saturated rings. The van der Waals surface area contributed by atoms with Crippen LogP contribution < -0.4 is 10.9 Å². The Hall–Kier alpha value is -2.10. The Morgan fingerprint density at radius 1 is 1.30 bits per heavy atom. The highest BCUT2D eigenvalue weighted by molar-refractivity contribution is 7.99. The van der Waals surface area contributed by atoms with E-state index in [9.17, 15) is 9.59 Å². The van der Waals surface area contributed by atoms with Crippen molar-refractivity contribution in [3.63, 3.8) is 0 Å². The van der Waals surface area contributed by atoms with E-state index in [2.05, 4.69) is 21.0 Å². The molecule has 0 saturated carbocycles. The Kier molecular flexibility index (Phi) is 6.70. The Balaban J connectivity index is 1.76. The number of rotatable bonds is 6. The van der Waals surface area contributed by atoms with Gasteiger partial charge in [0.2, 0.25) is 11.8 Å². The van der Waals surface area contributed by atoms with Crippen molar-refractivity contribution in [3.05, 3.63) is 29.3 Å². The number of carbonyl (C=O) groups excluding carboxylic acids is 2. The minimum absolute atomic E-state index is 0.0969. The topological polar surface area (TPSA) is 98.1 Å². The van der Waals surface area contributed by atoms with E-state index >= 15 is 0 Å². The fraction of sp³-hybridized carbons (Fsp3) is 0.412. The quantitative estimate of drug-likeness (QED) is 0.559. The number of nitrogens with zero attached hydrogens (tertiary/aromatic N) is 3. The molecule has 0 aliphatic carbocycles. The van der Waals surface area contributed by atoms with Crippen LogP contribution in [0.25, 0.3) is 11.4 Å². The molecular formula is C17H20ClN5O3S. The Bertz CT molecular complexity index is 805. The second kappa shape index (κ2) is 9.20. The van der Waals surface area contributed by atoms with Crippen LogP contribution in [0.2, 0.25) is 5.02 Å². The molecule has 0 unspecified atom stereocenters. The molecular weight excluding hydrogens is 390 g/mol. The van der Waals surface area contributed by atoms with Gasteiger partial charge in [0.15, 0.2) is 11.0 Å². The zero-order valence-electron chi connectivity index (χ0n) is 14.8. The Morgan fingerprint density at radius 3 is 2.74 bits per heavy atom. The highest BCUT2D eigenvalue weighted by atomic mass is 35.5. The van der Waals surface area contributed by atoms with Gasteiger partial charge in [0.25, 0.3) is 0 Å². The first-order valence-electron chi connectivity index (χ1n) is 8.52. The fourth-order valence-corrected chi connectivity index (χ4v) is 3.56. The average molecular weight is 410 g/mol. The molecule has 1 aliphatic heterocycles. The SMILES string of the molecule is CC(=O)NNC(=O)CSc1nnc(-c2ccc(Cl)cc2)n1C[C@@H]1CCCO1. The van der Waals surface area contributed by atoms with Crippen molar-refractivity contribution < 1.29 is 14.3 Å². The molecule has 10 heteroatoms. The van der Waals surface area contributed by atoms with E-state index in [0.29, 0.717) is 22.5 Å². The van der Waals surface area contributed by atoms with Gasteiger partial charge in [0.05, 0.1) is 18.4 Å². The minimum atomic E-state index is -0.333. The van der Waals surface area contributed by atoms with Gasteiger partial charge in [-0.15, -0.1) is 10.2 Å². The van der Waals surface area contributed by atoms with Gasteiger partial charge in [-0.3, -0.25) is 25.0 Å². The largest absolute Gasteiger partial charge is 0.376 e. The zero-order valence-corrected chi connectivity index (χ0v) is 16.3. The number of hydrazine groups is 1. The Labute approximate surface area is 166 Å². The minimum Gasteiger partial charge on any atom is -0.376 e. The van der Waals surface area contributed by atoms with Crippen molar-refractivity contribution in [3.8, 4) is 11.4 Å². The summed E-state index contributed by atoms with van der Waals surface area (Å²) in [5, 5.41) is 9.81. The first kappa shape index (κ1) is 19.7. The van der Waals surface area contributed by atoms with Crippen molar-refractivity contribution in [2.24, 2.45) is 0 Å². The average Bonchev–Trinajstić information content (AvgIpc) is 3.29. The van der Waals surface area contributed by atoms with Crippen molar-refractivity contribution in [2.45, 2.75) is 37.6 Å². The van der Waals surface area contributed by atoms with Gasteiger partial charge in [-0.2, -0.15) is 0 Å². The summed E-state index contributed by atoms with van der Waals surface area (Å²) in [6.07, 6.45) is 2.11. The van der Waals surface area contributed by atoms with Crippen LogP contribution in [0.4, 0.5) is 0 Å². The number of thioether (sulfide) groups is 1. The van der Waals surface area contributed by atoms with Gasteiger partial charge in [0.1, 0.15) is 0 Å². The molecule has 144 valence electrons. The summed E-state index contributed by atoms with van der Waals surface area (Å²) in [6, 6.07) is 7.37. The molecule has 2 amide bonds. The van der Waals surface area contributed by atoms with Gasteiger partial charge >= 0.3 is 0 Å². The van der Waals surface area contributed by atoms with Gasteiger partial charge in [0, 0.05) is 24.1 Å². The summed E-state index contributed by atoms with van der Waals surface area (Å²) >= 11 is 7.23. The summed E-state index contributed by atoms with van der Waals surface area (Å²) in [5.74, 6) is 0.145. The van der Waals surface area contributed by atoms with E-state index < -0.39 is 0 Å². The number of carbonyl (C=O) groups is 2. The zero-order chi connectivity index (χ0) is 19.2. The van der Waals surface area contributed by atoms with Crippen LogP contribution in [0.5, 0.6) is 0 Å². The van der Waals surface area contributed by atoms with Crippen molar-refractivity contribution in [1.82, 2.24) is 25.6 Å². The molecule has 2 N–H and O–H groups in total. The smallest absolute Gasteiger partial charge is 0.248 e. The van der Waals surface area contributed by atoms with E-state index in [1.807, 2.05) is 16.7 Å². The lowest BCUT2D eigenvalue weighted by molar-refractivity contribution is -0.126. The summed E-state index contributed by atoms with van der Waals surface area (Å²) in [5.41, 5.74) is 5.49. The maximum absolute atomic E-state index is 11.8. The molecule has 0 radical (unpaired) electrons. The third-order valence-corrected chi connectivity index (χ3v) is 5.16. The standard InChI is InChI=1S/C17H20ClN5O3S/c1-11(24)19-20-15(25)10-27-17-22-21-16(12-4-6-13(18)7-5-12)23(17)9-14-3-2-8-26-14/h4-7,14H,2-3,8-10H2,1H3,(H,19,24)(H,20,25)/t14-/m0/s1. The number of hydrogen-bond acceptors (Lipinski definition) is 6. The van der Waals surface area contributed by atoms with Crippen molar-refractivity contribution >= 4 is 35.2 Å². The van der Waals surface area contributed by atoms with Crippen LogP contribution in [0.15, 0.2) is 29.4 Å². The summed E-state index contributed by atoms with van der Waals surface area (Å²) < 4.78 is 7.72. The molecule has 1 saturated heterocycles. The molecule has 3 rings (SSSR count). The normalized spacial score (nSPS) is 16.3. The van der Waals surface area contributed by atoms with Gasteiger partial charge in [-0.25, -0.2) is 0 Å². The predicted molar refractivity (Wildman–Crippen MR) is 102 cm³/mol. The molecule has 1 aromatic heterocycles. The predicted octanol–water partition coefficient (Wildman–Crippen LogP) is 2.04. The molecule has 2 heterocycles. The van der Waals surface area contributed by atoms with Gasteiger partial charge < -0.3 is 4.74 Å². The van der Waals surface area contributed by atoms with Crippen molar-refractivity contribution in [1.29, 1.82) is 0 Å². The second-order valence-corrected chi connectivity index (χ2v) is 7.46. The van der Waals surface area contributed by atoms with E-state index in [0.717, 1.165) is 25.0 Å². The Morgan fingerprint density at radius 2 is 2.07 bits per heavy atom. The third kappa shape index (κ3) is 5.44. The molecule has 8 nitrogen and oxygen atoms in total. The number of aromatic nitrogens is 3. The summed E-state index contributed by atoms with van der Waals surface area (Å²) in [6.45, 7) is 2.69. The van der Waals surface area contributed by atoms with E-state index in [4.69, 9.17) is 16.3 Å². The molecule has 27 heavy (non-hydrogen) atoms. The third-order valence-electron chi connectivity index (χ3n) is 3.94. The van der Waals surface area contributed by atoms with Gasteiger partial charge in [-0.1, -0.05) is 23.4 Å². The van der Waals surface area contributed by atoms with Gasteiger partial charge in [-0.05, 0) is 37.1 Å². The number of hydrogen-bond donors (Lipinski definition) is 2. The lowest BCUT2D eigenvalue weighted by Crippen LogP contribution is -2.41. The molecule has 1 aromatic carbocycles. The first-order chi connectivity index (χ1) is 13.0. The van der Waals surface area contributed by atoms with Crippen LogP contribution in [-0.2, 0) is 20.9 Å². The maximum atomic E-state index is 11.8. The number of benzene rings is 1.